The van der Waals surface area contributed by atoms with Crippen molar-refractivity contribution in [2.24, 2.45) is 5.92 Å². The molecule has 30 heavy (non-hydrogen) atoms. The zero-order chi connectivity index (χ0) is 20.5. The third kappa shape index (κ3) is 3.84. The molecule has 2 saturated heterocycles. The Kier molecular flexibility index (Phi) is 5.25. The average molecular weight is 407 g/mol. The predicted octanol–water partition coefficient (Wildman–Crippen LogP) is 3.82. The van der Waals surface area contributed by atoms with Crippen LogP contribution in [-0.2, 0) is 0 Å². The number of hydrogen-bond acceptors (Lipinski definition) is 3. The molecule has 0 saturated carbocycles. The number of carbonyl (C=O) groups is 1. The number of amides is 1. The van der Waals surface area contributed by atoms with E-state index in [0.29, 0.717) is 17.4 Å². The van der Waals surface area contributed by atoms with Crippen LogP contribution in [0.5, 0.6) is 0 Å². The summed E-state index contributed by atoms with van der Waals surface area (Å²) in [6, 6.07) is 10.8. The number of aromatic nitrogens is 2. The van der Waals surface area contributed by atoms with Crippen molar-refractivity contribution in [2.45, 2.75) is 25.2 Å². The van der Waals surface area contributed by atoms with Crippen LogP contribution in [0, 0.1) is 11.7 Å². The quantitative estimate of drug-likeness (QED) is 0.662. The van der Waals surface area contributed by atoms with Gasteiger partial charge in [0.25, 0.3) is 5.91 Å². The Bertz CT molecular complexity index is 1020. The molecule has 156 valence electrons. The standard InChI is InChI=1S/C24H27FN4O/c25-21-5-3-19(4-6-21)20-8-12-27(13-9-20)16-18-7-14-29(17-18)24(30)22-2-1-11-28-15-10-26-23(22)28/h1-6,10-11,15,18,20H,7-9,12-14,16-17H2/t18-/m1/s1. The molecule has 4 heterocycles. The summed E-state index contributed by atoms with van der Waals surface area (Å²) in [6.45, 7) is 4.82. The SMILES string of the molecule is O=C(c1cccn2ccnc12)N1CC[C@H](CN2CCC(c3ccc(F)cc3)CC2)C1. The molecule has 1 aromatic carbocycles. The van der Waals surface area contributed by atoms with Gasteiger partial charge >= 0.3 is 0 Å². The zero-order valence-electron chi connectivity index (χ0n) is 17.1. The van der Waals surface area contributed by atoms with Crippen molar-refractivity contribution in [1.29, 1.82) is 0 Å². The molecule has 2 aliphatic heterocycles. The summed E-state index contributed by atoms with van der Waals surface area (Å²) in [5.41, 5.74) is 2.67. The number of imidazole rings is 1. The molecule has 0 unspecified atom stereocenters. The molecule has 0 aliphatic carbocycles. The first-order valence-corrected chi connectivity index (χ1v) is 10.9. The lowest BCUT2D eigenvalue weighted by atomic mass is 9.89. The molecule has 6 heteroatoms. The molecule has 2 fully saturated rings. The summed E-state index contributed by atoms with van der Waals surface area (Å²) in [5, 5.41) is 0. The molecule has 0 spiro atoms. The number of fused-ring (bicyclic) bond motifs is 1. The number of benzene rings is 1. The van der Waals surface area contributed by atoms with Crippen molar-refractivity contribution >= 4 is 11.6 Å². The summed E-state index contributed by atoms with van der Waals surface area (Å²) < 4.78 is 15.1. The number of likely N-dealkylation sites (tertiary alicyclic amines) is 2. The third-order valence-corrected chi connectivity index (χ3v) is 6.67. The van der Waals surface area contributed by atoms with E-state index in [1.54, 1.807) is 18.3 Å². The van der Waals surface area contributed by atoms with Crippen molar-refractivity contribution in [2.75, 3.05) is 32.7 Å². The van der Waals surface area contributed by atoms with Crippen LogP contribution in [0.1, 0.15) is 41.1 Å². The number of carbonyl (C=O) groups excluding carboxylic acids is 1. The first kappa shape index (κ1) is 19.2. The molecule has 1 atom stereocenters. The van der Waals surface area contributed by atoms with Crippen LogP contribution in [-0.4, -0.2) is 57.8 Å². The maximum absolute atomic E-state index is 13.2. The highest BCUT2D eigenvalue weighted by Crippen LogP contribution is 2.29. The fourth-order valence-electron chi connectivity index (χ4n) is 5.00. The summed E-state index contributed by atoms with van der Waals surface area (Å²) in [4.78, 5) is 21.9. The van der Waals surface area contributed by atoms with E-state index in [1.807, 2.05) is 46.0 Å². The van der Waals surface area contributed by atoms with Gasteiger partial charge in [0.1, 0.15) is 11.5 Å². The van der Waals surface area contributed by atoms with E-state index in [4.69, 9.17) is 0 Å². The molecule has 3 aromatic rings. The van der Waals surface area contributed by atoms with Gasteiger partial charge in [-0.3, -0.25) is 4.79 Å². The Balaban J connectivity index is 1.15. The first-order chi connectivity index (χ1) is 14.7. The molecule has 5 nitrogen and oxygen atoms in total. The van der Waals surface area contributed by atoms with E-state index in [-0.39, 0.29) is 11.7 Å². The minimum Gasteiger partial charge on any atom is -0.338 e. The monoisotopic (exact) mass is 406 g/mol. The van der Waals surface area contributed by atoms with Gasteiger partial charge in [-0.25, -0.2) is 9.37 Å². The van der Waals surface area contributed by atoms with Crippen LogP contribution in [0.25, 0.3) is 5.65 Å². The second-order valence-corrected chi connectivity index (χ2v) is 8.61. The second-order valence-electron chi connectivity index (χ2n) is 8.61. The predicted molar refractivity (Wildman–Crippen MR) is 114 cm³/mol. The first-order valence-electron chi connectivity index (χ1n) is 10.9. The van der Waals surface area contributed by atoms with E-state index >= 15 is 0 Å². The fraction of sp³-hybridized carbons (Fsp3) is 0.417. The lowest BCUT2D eigenvalue weighted by Gasteiger charge is -2.33. The van der Waals surface area contributed by atoms with Gasteiger partial charge in [0.2, 0.25) is 0 Å². The van der Waals surface area contributed by atoms with Crippen molar-refractivity contribution in [3.05, 3.63) is 71.9 Å². The Morgan fingerprint density at radius 1 is 1.03 bits per heavy atom. The Labute approximate surface area is 176 Å². The van der Waals surface area contributed by atoms with Gasteiger partial charge in [0, 0.05) is 38.2 Å². The van der Waals surface area contributed by atoms with E-state index in [9.17, 15) is 9.18 Å². The summed E-state index contributed by atoms with van der Waals surface area (Å²) in [7, 11) is 0. The van der Waals surface area contributed by atoms with Gasteiger partial charge in [-0.1, -0.05) is 12.1 Å². The van der Waals surface area contributed by atoms with Crippen LogP contribution in [0.15, 0.2) is 55.0 Å². The maximum Gasteiger partial charge on any atom is 0.257 e. The summed E-state index contributed by atoms with van der Waals surface area (Å²) in [5.74, 6) is 0.971. The van der Waals surface area contributed by atoms with E-state index < -0.39 is 0 Å². The lowest BCUT2D eigenvalue weighted by Crippen LogP contribution is -2.37. The number of nitrogens with zero attached hydrogens (tertiary/aromatic N) is 4. The van der Waals surface area contributed by atoms with Crippen molar-refractivity contribution in [3.8, 4) is 0 Å². The van der Waals surface area contributed by atoms with Crippen LogP contribution in [0.4, 0.5) is 4.39 Å². The Morgan fingerprint density at radius 3 is 2.63 bits per heavy atom. The molecule has 0 bridgehead atoms. The zero-order valence-corrected chi connectivity index (χ0v) is 17.1. The van der Waals surface area contributed by atoms with Gasteiger partial charge in [0.05, 0.1) is 5.56 Å². The topological polar surface area (TPSA) is 40.9 Å². The highest BCUT2D eigenvalue weighted by molar-refractivity contribution is 5.99. The highest BCUT2D eigenvalue weighted by Gasteiger charge is 2.30. The van der Waals surface area contributed by atoms with Crippen molar-refractivity contribution < 1.29 is 9.18 Å². The lowest BCUT2D eigenvalue weighted by molar-refractivity contribution is 0.0783. The molecule has 1 amide bonds. The van der Waals surface area contributed by atoms with E-state index in [1.165, 1.54) is 5.56 Å². The molecule has 0 N–H and O–H groups in total. The Morgan fingerprint density at radius 2 is 1.83 bits per heavy atom. The largest absolute Gasteiger partial charge is 0.338 e. The molecule has 2 aliphatic rings. The van der Waals surface area contributed by atoms with Gasteiger partial charge in [-0.05, 0) is 74.0 Å². The molecule has 5 rings (SSSR count). The highest BCUT2D eigenvalue weighted by atomic mass is 19.1. The number of piperidine rings is 1. The smallest absolute Gasteiger partial charge is 0.257 e. The van der Waals surface area contributed by atoms with Gasteiger partial charge in [-0.2, -0.15) is 0 Å². The van der Waals surface area contributed by atoms with Gasteiger partial charge in [0.15, 0.2) is 0 Å². The maximum atomic E-state index is 13.2. The van der Waals surface area contributed by atoms with Crippen molar-refractivity contribution in [3.63, 3.8) is 0 Å². The molecular formula is C24H27FN4O. The molecule has 0 radical (unpaired) electrons. The number of pyridine rings is 1. The van der Waals surface area contributed by atoms with E-state index in [2.05, 4.69) is 9.88 Å². The third-order valence-electron chi connectivity index (χ3n) is 6.67. The van der Waals surface area contributed by atoms with Crippen LogP contribution >= 0.6 is 0 Å². The van der Waals surface area contributed by atoms with E-state index in [0.717, 1.165) is 57.6 Å². The second kappa shape index (κ2) is 8.19. The van der Waals surface area contributed by atoms with Gasteiger partial charge in [-0.15, -0.1) is 0 Å². The Hall–Kier alpha value is -2.73. The summed E-state index contributed by atoms with van der Waals surface area (Å²) >= 11 is 0. The number of halogens is 1. The van der Waals surface area contributed by atoms with Crippen LogP contribution < -0.4 is 0 Å². The number of hydrogen-bond donors (Lipinski definition) is 0. The molecule has 2 aromatic heterocycles. The van der Waals surface area contributed by atoms with Crippen LogP contribution in [0.2, 0.25) is 0 Å². The fourth-order valence-corrected chi connectivity index (χ4v) is 5.00. The number of rotatable bonds is 4. The summed E-state index contributed by atoms with van der Waals surface area (Å²) in [6.07, 6.45) is 8.80. The molecular weight excluding hydrogens is 379 g/mol. The minimum atomic E-state index is -0.166. The van der Waals surface area contributed by atoms with Crippen molar-refractivity contribution in [1.82, 2.24) is 19.2 Å². The average Bonchev–Trinajstić information content (AvgIpc) is 3.44. The van der Waals surface area contributed by atoms with Crippen LogP contribution in [0.3, 0.4) is 0 Å². The van der Waals surface area contributed by atoms with Gasteiger partial charge < -0.3 is 14.2 Å². The normalized spacial score (nSPS) is 20.8. The minimum absolute atomic E-state index is 0.0873.